The van der Waals surface area contributed by atoms with Gasteiger partial charge in [0.25, 0.3) is 0 Å². The van der Waals surface area contributed by atoms with Crippen LogP contribution in [0.25, 0.3) is 22.4 Å². The topological polar surface area (TPSA) is 118 Å². The molecule has 0 saturated carbocycles. The van der Waals surface area contributed by atoms with Gasteiger partial charge in [0.2, 0.25) is 5.95 Å². The van der Waals surface area contributed by atoms with Crippen molar-refractivity contribution in [3.8, 4) is 23.4 Å². The first-order chi connectivity index (χ1) is 14.0. The maximum Gasteiger partial charge on any atom is 0.223 e. The molecule has 8 heteroatoms. The van der Waals surface area contributed by atoms with Gasteiger partial charge in [-0.05, 0) is 50.1 Å². The van der Waals surface area contributed by atoms with Gasteiger partial charge in [0.05, 0.1) is 11.7 Å². The van der Waals surface area contributed by atoms with Crippen LogP contribution in [-0.2, 0) is 0 Å². The molecule has 3 heterocycles. The fourth-order valence-electron chi connectivity index (χ4n) is 2.58. The smallest absolute Gasteiger partial charge is 0.223 e. The number of rotatable bonds is 4. The van der Waals surface area contributed by atoms with Gasteiger partial charge in [0.15, 0.2) is 5.82 Å². The number of aromatic nitrogens is 6. The third-order valence-corrected chi connectivity index (χ3v) is 4.02. The zero-order valence-electron chi connectivity index (χ0n) is 16.1. The number of benzene rings is 1. The van der Waals surface area contributed by atoms with Gasteiger partial charge in [-0.2, -0.15) is 5.10 Å². The number of aromatic amines is 1. The van der Waals surface area contributed by atoms with Gasteiger partial charge in [-0.15, -0.1) is 0 Å². The number of nitrogens with two attached hydrogens (primary N) is 1. The highest BCUT2D eigenvalue weighted by Crippen LogP contribution is 2.14. The number of fused-ring (bicyclic) bond motifs is 1. The number of hydrogen-bond acceptors (Lipinski definition) is 7. The van der Waals surface area contributed by atoms with E-state index in [0.29, 0.717) is 29.7 Å². The average molecular weight is 384 g/mol. The molecule has 0 atom stereocenters. The van der Waals surface area contributed by atoms with E-state index in [0.717, 1.165) is 16.5 Å². The highest BCUT2D eigenvalue weighted by molar-refractivity contribution is 5.79. The Morgan fingerprint density at radius 3 is 2.79 bits per heavy atom. The second kappa shape index (κ2) is 7.66. The maximum atomic E-state index is 5.99. The van der Waals surface area contributed by atoms with Gasteiger partial charge in [0, 0.05) is 35.4 Å². The number of nitrogens with one attached hydrogen (secondary N) is 2. The minimum atomic E-state index is -0.370. The van der Waals surface area contributed by atoms with Crippen molar-refractivity contribution in [2.75, 3.05) is 11.9 Å². The molecule has 0 radical (unpaired) electrons. The van der Waals surface area contributed by atoms with E-state index in [-0.39, 0.29) is 5.54 Å². The summed E-state index contributed by atoms with van der Waals surface area (Å²) in [6.07, 6.45) is 5.11. The Bertz CT molecular complexity index is 1210. The third kappa shape index (κ3) is 4.72. The van der Waals surface area contributed by atoms with Crippen molar-refractivity contribution >= 4 is 16.9 Å². The summed E-state index contributed by atoms with van der Waals surface area (Å²) in [6.45, 7) is 4.41. The average Bonchev–Trinajstić information content (AvgIpc) is 3.19. The van der Waals surface area contributed by atoms with E-state index in [1.54, 1.807) is 30.7 Å². The van der Waals surface area contributed by atoms with Crippen LogP contribution in [0.2, 0.25) is 0 Å². The van der Waals surface area contributed by atoms with E-state index in [2.05, 4.69) is 47.3 Å². The maximum absolute atomic E-state index is 5.99. The molecule has 3 aromatic heterocycles. The van der Waals surface area contributed by atoms with E-state index in [1.165, 1.54) is 0 Å². The molecule has 0 aliphatic carbocycles. The van der Waals surface area contributed by atoms with Crippen LogP contribution in [0, 0.1) is 11.8 Å². The van der Waals surface area contributed by atoms with Crippen LogP contribution in [-0.4, -0.2) is 42.2 Å². The molecule has 0 bridgehead atoms. The van der Waals surface area contributed by atoms with Crippen molar-refractivity contribution in [3.05, 3.63) is 60.2 Å². The Balaban J connectivity index is 1.56. The zero-order valence-corrected chi connectivity index (χ0v) is 16.1. The van der Waals surface area contributed by atoms with Crippen molar-refractivity contribution in [1.82, 2.24) is 30.1 Å². The minimum absolute atomic E-state index is 0.370. The van der Waals surface area contributed by atoms with Gasteiger partial charge in [-0.3, -0.25) is 5.10 Å². The van der Waals surface area contributed by atoms with Gasteiger partial charge in [-0.1, -0.05) is 5.92 Å². The standard InChI is InChI=1S/C21H20N8/c1-21(2,22)13-25-20-24-10-8-18(28-20)19-23-9-7-16(27-19)5-3-14-4-6-17-15(11-14)12-26-29-17/h4,6-12H,13,22H2,1-2H3,(H,26,29)(H,24,25,28). The fourth-order valence-corrected chi connectivity index (χ4v) is 2.58. The van der Waals surface area contributed by atoms with Crippen molar-refractivity contribution in [2.24, 2.45) is 5.73 Å². The molecule has 0 aliphatic rings. The van der Waals surface area contributed by atoms with Crippen LogP contribution in [0.5, 0.6) is 0 Å². The largest absolute Gasteiger partial charge is 0.352 e. The molecule has 4 N–H and O–H groups in total. The van der Waals surface area contributed by atoms with Gasteiger partial charge < -0.3 is 11.1 Å². The predicted molar refractivity (Wildman–Crippen MR) is 112 cm³/mol. The van der Waals surface area contributed by atoms with Crippen LogP contribution >= 0.6 is 0 Å². The monoisotopic (exact) mass is 384 g/mol. The van der Waals surface area contributed by atoms with E-state index >= 15 is 0 Å². The highest BCUT2D eigenvalue weighted by atomic mass is 15.1. The van der Waals surface area contributed by atoms with Crippen LogP contribution in [0.4, 0.5) is 5.95 Å². The number of nitrogens with zero attached hydrogens (tertiary/aromatic N) is 5. The lowest BCUT2D eigenvalue weighted by Crippen LogP contribution is -2.39. The van der Waals surface area contributed by atoms with Crippen LogP contribution in [0.15, 0.2) is 48.9 Å². The molecule has 29 heavy (non-hydrogen) atoms. The molecule has 4 rings (SSSR count). The molecule has 0 unspecified atom stereocenters. The minimum Gasteiger partial charge on any atom is -0.352 e. The first-order valence-corrected chi connectivity index (χ1v) is 9.11. The summed E-state index contributed by atoms with van der Waals surface area (Å²) in [5, 5.41) is 11.1. The van der Waals surface area contributed by atoms with E-state index < -0.39 is 0 Å². The SMILES string of the molecule is CC(C)(N)CNc1nccc(-c2nccc(C#Cc3ccc4[nH]ncc4c3)n2)n1. The van der Waals surface area contributed by atoms with Gasteiger partial charge >= 0.3 is 0 Å². The summed E-state index contributed by atoms with van der Waals surface area (Å²) in [5.74, 6) is 7.18. The number of H-pyrrole nitrogens is 1. The predicted octanol–water partition coefficient (Wildman–Crippen LogP) is 2.36. The molecule has 0 amide bonds. The van der Waals surface area contributed by atoms with Crippen molar-refractivity contribution in [2.45, 2.75) is 19.4 Å². The zero-order chi connectivity index (χ0) is 20.3. The summed E-state index contributed by atoms with van der Waals surface area (Å²) >= 11 is 0. The molecular formula is C21H20N8. The Morgan fingerprint density at radius 2 is 1.93 bits per heavy atom. The molecular weight excluding hydrogens is 364 g/mol. The first kappa shape index (κ1) is 18.5. The van der Waals surface area contributed by atoms with Crippen LogP contribution in [0.3, 0.4) is 0 Å². The summed E-state index contributed by atoms with van der Waals surface area (Å²) in [4.78, 5) is 17.5. The van der Waals surface area contributed by atoms with Gasteiger partial charge in [-0.25, -0.2) is 19.9 Å². The Kier molecular flexibility index (Phi) is 4.89. The van der Waals surface area contributed by atoms with Crippen LogP contribution in [0.1, 0.15) is 25.1 Å². The lowest BCUT2D eigenvalue weighted by molar-refractivity contribution is 0.547. The first-order valence-electron chi connectivity index (χ1n) is 9.11. The lowest BCUT2D eigenvalue weighted by Gasteiger charge is -2.18. The molecule has 0 saturated heterocycles. The normalized spacial score (nSPS) is 11.1. The third-order valence-electron chi connectivity index (χ3n) is 4.02. The summed E-state index contributed by atoms with van der Waals surface area (Å²) < 4.78 is 0. The molecule has 8 nitrogen and oxygen atoms in total. The Morgan fingerprint density at radius 1 is 1.07 bits per heavy atom. The van der Waals surface area contributed by atoms with E-state index in [1.807, 2.05) is 32.0 Å². The Hall–Kier alpha value is -3.83. The number of hydrogen-bond donors (Lipinski definition) is 3. The molecule has 0 fully saturated rings. The van der Waals surface area contributed by atoms with Crippen LogP contribution < -0.4 is 11.1 Å². The van der Waals surface area contributed by atoms with Gasteiger partial charge in [0.1, 0.15) is 11.4 Å². The second-order valence-corrected chi connectivity index (χ2v) is 7.30. The molecule has 1 aromatic carbocycles. The van der Waals surface area contributed by atoms with Crippen molar-refractivity contribution in [3.63, 3.8) is 0 Å². The van der Waals surface area contributed by atoms with E-state index in [4.69, 9.17) is 5.73 Å². The highest BCUT2D eigenvalue weighted by Gasteiger charge is 2.11. The summed E-state index contributed by atoms with van der Waals surface area (Å²) in [5.41, 5.74) is 8.71. The quantitative estimate of drug-likeness (QED) is 0.462. The second-order valence-electron chi connectivity index (χ2n) is 7.30. The molecule has 0 aliphatic heterocycles. The molecule has 144 valence electrons. The van der Waals surface area contributed by atoms with Crippen molar-refractivity contribution in [1.29, 1.82) is 0 Å². The fraction of sp³-hybridized carbons (Fsp3) is 0.190. The molecule has 4 aromatic rings. The van der Waals surface area contributed by atoms with Crippen molar-refractivity contribution < 1.29 is 0 Å². The summed E-state index contributed by atoms with van der Waals surface area (Å²) in [6, 6.07) is 9.41. The summed E-state index contributed by atoms with van der Waals surface area (Å²) in [7, 11) is 0. The molecule has 0 spiro atoms. The van der Waals surface area contributed by atoms with E-state index in [9.17, 15) is 0 Å². The number of anilines is 1. The lowest BCUT2D eigenvalue weighted by atomic mass is 10.1. The Labute approximate surface area is 168 Å².